The predicted molar refractivity (Wildman–Crippen MR) is 63.3 cm³/mol. The zero-order chi connectivity index (χ0) is 11.8. The minimum absolute atomic E-state index is 0.295. The van der Waals surface area contributed by atoms with Gasteiger partial charge >= 0.3 is 5.69 Å². The monoisotopic (exact) mass is 234 g/mol. The Morgan fingerprint density at radius 3 is 2.76 bits per heavy atom. The van der Waals surface area contributed by atoms with Gasteiger partial charge in [-0.3, -0.25) is 0 Å². The van der Waals surface area contributed by atoms with Crippen LogP contribution in [0.5, 0.6) is 0 Å². The van der Waals surface area contributed by atoms with Crippen LogP contribution in [0.1, 0.15) is 0 Å². The molecule has 0 saturated carbocycles. The summed E-state index contributed by atoms with van der Waals surface area (Å²) in [5.74, 6) is 0.828. The van der Waals surface area contributed by atoms with Crippen molar-refractivity contribution in [2.75, 3.05) is 38.1 Å². The summed E-state index contributed by atoms with van der Waals surface area (Å²) in [6.07, 6.45) is 0. The Labute approximate surface area is 97.6 Å². The molecule has 0 spiro atoms. The molecule has 1 saturated heterocycles. The average molecular weight is 234 g/mol. The summed E-state index contributed by atoms with van der Waals surface area (Å²) in [4.78, 5) is 15.9. The maximum atomic E-state index is 11.4. The lowest BCUT2D eigenvalue weighted by Crippen LogP contribution is -2.45. The van der Waals surface area contributed by atoms with Crippen LogP contribution in [0.3, 0.4) is 0 Å². The van der Waals surface area contributed by atoms with Gasteiger partial charge in [-0.1, -0.05) is 0 Å². The smallest absolute Gasteiger partial charge is 0.353 e. The van der Waals surface area contributed by atoms with E-state index in [4.69, 9.17) is 0 Å². The number of hydrogen-bond acceptors (Lipinski definition) is 5. The molecule has 7 nitrogen and oxygen atoms in total. The second-order valence-corrected chi connectivity index (χ2v) is 4.28. The number of anilines is 1. The van der Waals surface area contributed by atoms with E-state index in [1.165, 1.54) is 4.52 Å². The first kappa shape index (κ1) is 10.3. The number of fused-ring (bicyclic) bond motifs is 1. The zero-order valence-electron chi connectivity index (χ0n) is 9.63. The summed E-state index contributed by atoms with van der Waals surface area (Å²) >= 11 is 0. The molecule has 0 radical (unpaired) electrons. The van der Waals surface area contributed by atoms with Crippen LogP contribution < -0.4 is 10.6 Å². The van der Waals surface area contributed by atoms with E-state index < -0.39 is 0 Å². The van der Waals surface area contributed by atoms with Gasteiger partial charge < -0.3 is 9.80 Å². The number of nitrogens with one attached hydrogen (secondary N) is 1. The normalized spacial score (nSPS) is 17.8. The van der Waals surface area contributed by atoms with Crippen molar-refractivity contribution >= 4 is 11.5 Å². The van der Waals surface area contributed by atoms with Gasteiger partial charge in [0, 0.05) is 26.2 Å². The van der Waals surface area contributed by atoms with E-state index in [0.29, 0.717) is 5.65 Å². The number of nitrogens with zero attached hydrogens (tertiary/aromatic N) is 5. The van der Waals surface area contributed by atoms with Gasteiger partial charge in [0.2, 0.25) is 0 Å². The Hall–Kier alpha value is -1.89. The summed E-state index contributed by atoms with van der Waals surface area (Å²) in [6.45, 7) is 3.89. The highest BCUT2D eigenvalue weighted by molar-refractivity contribution is 5.45. The molecule has 0 unspecified atom stereocenters. The number of piperazine rings is 1. The van der Waals surface area contributed by atoms with E-state index in [1.54, 1.807) is 6.07 Å². The molecular weight excluding hydrogens is 220 g/mol. The SMILES string of the molecule is CN1CCN(c2ccc3n[nH]c(=O)n3n2)CC1. The van der Waals surface area contributed by atoms with Crippen molar-refractivity contribution in [2.24, 2.45) is 0 Å². The molecule has 0 aliphatic carbocycles. The molecule has 0 atom stereocenters. The van der Waals surface area contributed by atoms with Gasteiger partial charge in [-0.15, -0.1) is 5.10 Å². The van der Waals surface area contributed by atoms with Crippen LogP contribution in [0.2, 0.25) is 0 Å². The largest absolute Gasteiger partial charge is 0.364 e. The Morgan fingerprint density at radius 1 is 1.24 bits per heavy atom. The number of likely N-dealkylation sites (N-methyl/N-ethyl adjacent to an activating group) is 1. The molecule has 90 valence electrons. The molecule has 3 heterocycles. The molecule has 2 aromatic heterocycles. The summed E-state index contributed by atoms with van der Waals surface area (Å²) in [7, 11) is 2.11. The molecule has 0 amide bonds. The highest BCUT2D eigenvalue weighted by Gasteiger charge is 2.16. The molecule has 1 aliphatic heterocycles. The van der Waals surface area contributed by atoms with Crippen LogP contribution in [-0.2, 0) is 0 Å². The van der Waals surface area contributed by atoms with Crippen molar-refractivity contribution in [3.05, 3.63) is 22.6 Å². The van der Waals surface area contributed by atoms with Crippen LogP contribution in [0, 0.1) is 0 Å². The molecule has 17 heavy (non-hydrogen) atoms. The van der Waals surface area contributed by atoms with E-state index in [0.717, 1.165) is 32.0 Å². The second kappa shape index (κ2) is 3.85. The van der Waals surface area contributed by atoms with Crippen molar-refractivity contribution in [3.8, 4) is 0 Å². The van der Waals surface area contributed by atoms with Crippen molar-refractivity contribution < 1.29 is 0 Å². The molecule has 0 aromatic carbocycles. The van der Waals surface area contributed by atoms with Crippen molar-refractivity contribution in [1.82, 2.24) is 24.7 Å². The lowest BCUT2D eigenvalue weighted by atomic mass is 10.3. The molecular formula is C10H14N6O. The van der Waals surface area contributed by atoms with Crippen LogP contribution in [0.25, 0.3) is 5.65 Å². The predicted octanol–water partition coefficient (Wildman–Crippen LogP) is -0.831. The zero-order valence-corrected chi connectivity index (χ0v) is 9.63. The van der Waals surface area contributed by atoms with E-state index in [9.17, 15) is 4.79 Å². The molecule has 1 N–H and O–H groups in total. The van der Waals surface area contributed by atoms with Gasteiger partial charge in [-0.2, -0.15) is 9.61 Å². The first-order valence-electron chi connectivity index (χ1n) is 5.62. The number of rotatable bonds is 1. The summed E-state index contributed by atoms with van der Waals surface area (Å²) in [6, 6.07) is 3.71. The van der Waals surface area contributed by atoms with Gasteiger partial charge in [0.15, 0.2) is 5.65 Å². The van der Waals surface area contributed by atoms with Gasteiger partial charge in [0.1, 0.15) is 5.82 Å². The van der Waals surface area contributed by atoms with Crippen LogP contribution in [-0.4, -0.2) is 57.9 Å². The standard InChI is InChI=1S/C10H14N6O/c1-14-4-6-15(7-5-14)9-3-2-8-11-12-10(17)16(8)13-9/h2-3H,4-7H2,1H3,(H,12,17). The summed E-state index contributed by atoms with van der Waals surface area (Å²) in [5.41, 5.74) is 0.254. The van der Waals surface area contributed by atoms with Gasteiger partial charge in [-0.25, -0.2) is 9.89 Å². The maximum Gasteiger partial charge on any atom is 0.364 e. The molecule has 7 heteroatoms. The fourth-order valence-electron chi connectivity index (χ4n) is 2.00. The fraction of sp³-hybridized carbons (Fsp3) is 0.500. The molecule has 1 aliphatic rings. The van der Waals surface area contributed by atoms with Crippen LogP contribution >= 0.6 is 0 Å². The lowest BCUT2D eigenvalue weighted by molar-refractivity contribution is 0.311. The fourth-order valence-corrected chi connectivity index (χ4v) is 2.00. The minimum atomic E-state index is -0.295. The highest BCUT2D eigenvalue weighted by Crippen LogP contribution is 2.12. The Kier molecular flexibility index (Phi) is 2.32. The Morgan fingerprint density at radius 2 is 2.00 bits per heavy atom. The Bertz CT molecular complexity index is 580. The first-order chi connectivity index (χ1) is 8.24. The summed E-state index contributed by atoms with van der Waals surface area (Å²) < 4.78 is 1.30. The molecule has 2 aromatic rings. The van der Waals surface area contributed by atoms with Gasteiger partial charge in [0.05, 0.1) is 0 Å². The van der Waals surface area contributed by atoms with Crippen molar-refractivity contribution in [3.63, 3.8) is 0 Å². The molecule has 3 rings (SSSR count). The second-order valence-electron chi connectivity index (χ2n) is 4.28. The van der Waals surface area contributed by atoms with Crippen molar-refractivity contribution in [1.29, 1.82) is 0 Å². The topological polar surface area (TPSA) is 69.5 Å². The molecule has 1 fully saturated rings. The Balaban J connectivity index is 1.95. The number of aromatic nitrogens is 4. The maximum absolute atomic E-state index is 11.4. The summed E-state index contributed by atoms with van der Waals surface area (Å²) in [5, 5.41) is 10.5. The lowest BCUT2D eigenvalue weighted by Gasteiger charge is -2.32. The van der Waals surface area contributed by atoms with Crippen LogP contribution in [0.4, 0.5) is 5.82 Å². The third-order valence-corrected chi connectivity index (χ3v) is 3.09. The van der Waals surface area contributed by atoms with Crippen LogP contribution in [0.15, 0.2) is 16.9 Å². The number of H-pyrrole nitrogens is 1. The number of aromatic amines is 1. The quantitative estimate of drug-likeness (QED) is 0.697. The van der Waals surface area contributed by atoms with E-state index in [1.807, 2.05) is 6.07 Å². The van der Waals surface area contributed by atoms with E-state index in [2.05, 4.69) is 32.1 Å². The molecule has 0 bridgehead atoms. The van der Waals surface area contributed by atoms with E-state index >= 15 is 0 Å². The highest BCUT2D eigenvalue weighted by atomic mass is 16.2. The van der Waals surface area contributed by atoms with E-state index in [-0.39, 0.29) is 5.69 Å². The first-order valence-corrected chi connectivity index (χ1v) is 5.62. The van der Waals surface area contributed by atoms with Crippen molar-refractivity contribution in [2.45, 2.75) is 0 Å². The average Bonchev–Trinajstić information content (AvgIpc) is 2.72. The third-order valence-electron chi connectivity index (χ3n) is 3.09. The third kappa shape index (κ3) is 1.78. The van der Waals surface area contributed by atoms with Gasteiger partial charge in [-0.05, 0) is 19.2 Å². The minimum Gasteiger partial charge on any atom is -0.353 e. The number of hydrogen-bond donors (Lipinski definition) is 1. The van der Waals surface area contributed by atoms with Gasteiger partial charge in [0.25, 0.3) is 0 Å².